The number of rotatable bonds is 56. The Morgan fingerprint density at radius 3 is 0.746 bits per heavy atom. The molecule has 6 heteroatoms. The lowest BCUT2D eigenvalue weighted by molar-refractivity contribution is -0.167. The molecule has 396 valence electrons. The van der Waals surface area contributed by atoms with E-state index in [1.807, 2.05) is 0 Å². The SMILES string of the molecule is CCCCCCCC/C=C\CCCCCCCCCC(=O)OC[C@H](COC(=O)CCCCCCCCCCCCCCCCCCC)OC(=O)CCCCCCCCCCCCCCCCC. The number of hydrogen-bond acceptors (Lipinski definition) is 6. The maximum atomic E-state index is 12.9. The molecular formula is C61H116O6. The average Bonchev–Trinajstić information content (AvgIpc) is 3.33. The van der Waals surface area contributed by atoms with E-state index in [2.05, 4.69) is 32.9 Å². The molecule has 0 heterocycles. The topological polar surface area (TPSA) is 78.9 Å². The van der Waals surface area contributed by atoms with Crippen LogP contribution in [0.25, 0.3) is 0 Å². The fraction of sp³-hybridized carbons (Fsp3) is 0.918. The summed E-state index contributed by atoms with van der Waals surface area (Å²) in [6.45, 7) is 6.70. The molecule has 0 saturated carbocycles. The zero-order chi connectivity index (χ0) is 48.6. The van der Waals surface area contributed by atoms with E-state index in [4.69, 9.17) is 14.2 Å². The van der Waals surface area contributed by atoms with Gasteiger partial charge in [-0.15, -0.1) is 0 Å². The van der Waals surface area contributed by atoms with Crippen molar-refractivity contribution >= 4 is 17.9 Å². The Morgan fingerprint density at radius 1 is 0.284 bits per heavy atom. The largest absolute Gasteiger partial charge is 0.462 e. The van der Waals surface area contributed by atoms with Crippen molar-refractivity contribution in [1.29, 1.82) is 0 Å². The number of unbranched alkanes of at least 4 members (excludes halogenated alkanes) is 43. The van der Waals surface area contributed by atoms with Crippen LogP contribution in [0.4, 0.5) is 0 Å². The Balaban J connectivity index is 4.31. The highest BCUT2D eigenvalue weighted by Crippen LogP contribution is 2.17. The smallest absolute Gasteiger partial charge is 0.306 e. The number of esters is 3. The summed E-state index contributed by atoms with van der Waals surface area (Å²) in [6.07, 6.45) is 64.9. The molecule has 67 heavy (non-hydrogen) atoms. The second kappa shape index (κ2) is 56.7. The molecule has 1 atom stereocenters. The highest BCUT2D eigenvalue weighted by atomic mass is 16.6. The lowest BCUT2D eigenvalue weighted by Crippen LogP contribution is -2.30. The molecule has 0 aromatic carbocycles. The van der Waals surface area contributed by atoms with Gasteiger partial charge < -0.3 is 14.2 Å². The second-order valence-electron chi connectivity index (χ2n) is 20.6. The fourth-order valence-electron chi connectivity index (χ4n) is 9.21. The number of hydrogen-bond donors (Lipinski definition) is 0. The zero-order valence-electron chi connectivity index (χ0n) is 45.5. The third-order valence-corrected chi connectivity index (χ3v) is 13.8. The van der Waals surface area contributed by atoms with Gasteiger partial charge in [-0.1, -0.05) is 290 Å². The van der Waals surface area contributed by atoms with Crippen LogP contribution in [0.15, 0.2) is 12.2 Å². The van der Waals surface area contributed by atoms with Gasteiger partial charge in [0.2, 0.25) is 0 Å². The van der Waals surface area contributed by atoms with Crippen molar-refractivity contribution in [1.82, 2.24) is 0 Å². The first-order valence-electron chi connectivity index (χ1n) is 30.2. The van der Waals surface area contributed by atoms with Crippen LogP contribution in [0.2, 0.25) is 0 Å². The maximum absolute atomic E-state index is 12.9. The number of carbonyl (C=O) groups excluding carboxylic acids is 3. The molecule has 6 nitrogen and oxygen atoms in total. The molecule has 0 radical (unpaired) electrons. The van der Waals surface area contributed by atoms with E-state index in [0.29, 0.717) is 19.3 Å². The molecule has 0 aromatic heterocycles. The van der Waals surface area contributed by atoms with Gasteiger partial charge in [-0.25, -0.2) is 0 Å². The lowest BCUT2D eigenvalue weighted by Gasteiger charge is -2.18. The third kappa shape index (κ3) is 55.0. The Bertz CT molecular complexity index is 1040. The van der Waals surface area contributed by atoms with Gasteiger partial charge in [-0.3, -0.25) is 14.4 Å². The first-order valence-corrected chi connectivity index (χ1v) is 30.2. The van der Waals surface area contributed by atoms with Crippen molar-refractivity contribution in [3.05, 3.63) is 12.2 Å². The molecule has 0 saturated heterocycles. The molecule has 0 aromatic rings. The number of ether oxygens (including phenoxy) is 3. The summed E-state index contributed by atoms with van der Waals surface area (Å²) < 4.78 is 16.9. The summed E-state index contributed by atoms with van der Waals surface area (Å²) in [7, 11) is 0. The van der Waals surface area contributed by atoms with Crippen LogP contribution >= 0.6 is 0 Å². The number of allylic oxidation sites excluding steroid dienone is 2. The second-order valence-corrected chi connectivity index (χ2v) is 20.6. The minimum absolute atomic E-state index is 0.0649. The van der Waals surface area contributed by atoms with Crippen molar-refractivity contribution in [2.75, 3.05) is 13.2 Å². The summed E-state index contributed by atoms with van der Waals surface area (Å²) in [4.78, 5) is 38.2. The van der Waals surface area contributed by atoms with E-state index in [1.165, 1.54) is 244 Å². The molecule has 0 aliphatic rings. The summed E-state index contributed by atoms with van der Waals surface area (Å²) in [5.41, 5.74) is 0. The summed E-state index contributed by atoms with van der Waals surface area (Å²) in [5.74, 6) is -0.842. The molecule has 0 bridgehead atoms. The Kier molecular flexibility index (Phi) is 55.2. The predicted molar refractivity (Wildman–Crippen MR) is 289 cm³/mol. The quantitative estimate of drug-likeness (QED) is 0.0262. The van der Waals surface area contributed by atoms with Crippen LogP contribution in [0.5, 0.6) is 0 Å². The van der Waals surface area contributed by atoms with Crippen molar-refractivity contribution in [3.63, 3.8) is 0 Å². The molecule has 0 spiro atoms. The van der Waals surface area contributed by atoms with Crippen molar-refractivity contribution in [2.24, 2.45) is 0 Å². The minimum Gasteiger partial charge on any atom is -0.462 e. The van der Waals surface area contributed by atoms with Crippen LogP contribution < -0.4 is 0 Å². The normalized spacial score (nSPS) is 12.0. The molecule has 0 fully saturated rings. The van der Waals surface area contributed by atoms with Crippen LogP contribution in [0.1, 0.15) is 342 Å². The Morgan fingerprint density at radius 2 is 0.493 bits per heavy atom. The third-order valence-electron chi connectivity index (χ3n) is 13.8. The van der Waals surface area contributed by atoms with Gasteiger partial charge in [0, 0.05) is 19.3 Å². The number of carbonyl (C=O) groups is 3. The Hall–Kier alpha value is -1.85. The molecule has 0 amide bonds. The van der Waals surface area contributed by atoms with Gasteiger partial charge in [0.15, 0.2) is 6.10 Å². The predicted octanol–water partition coefficient (Wildman–Crippen LogP) is 20.1. The minimum atomic E-state index is -0.766. The zero-order valence-corrected chi connectivity index (χ0v) is 45.5. The van der Waals surface area contributed by atoms with Crippen LogP contribution in [-0.2, 0) is 28.6 Å². The summed E-state index contributed by atoms with van der Waals surface area (Å²) in [5, 5.41) is 0. The van der Waals surface area contributed by atoms with Crippen molar-refractivity contribution < 1.29 is 28.6 Å². The van der Waals surface area contributed by atoms with Gasteiger partial charge in [0.1, 0.15) is 13.2 Å². The van der Waals surface area contributed by atoms with Gasteiger partial charge in [0.25, 0.3) is 0 Å². The van der Waals surface area contributed by atoms with Crippen LogP contribution in [0.3, 0.4) is 0 Å². The standard InChI is InChI=1S/C61H116O6/c1-4-7-10-13-16-19-22-25-28-30-33-35-38-41-44-47-50-53-59(62)65-56-58(67-61(64)55-52-49-46-43-40-37-32-27-24-21-18-15-12-9-6-3)57-66-60(63)54-51-48-45-42-39-36-34-31-29-26-23-20-17-14-11-8-5-2/h25,28,58H,4-24,26-27,29-57H2,1-3H3/b28-25-/t58-/m1/s1. The molecule has 0 aliphatic carbocycles. The first kappa shape index (κ1) is 65.1. The van der Waals surface area contributed by atoms with Gasteiger partial charge in [0.05, 0.1) is 0 Å². The van der Waals surface area contributed by atoms with Gasteiger partial charge in [-0.2, -0.15) is 0 Å². The molecular weight excluding hydrogens is 829 g/mol. The maximum Gasteiger partial charge on any atom is 0.306 e. The van der Waals surface area contributed by atoms with Crippen LogP contribution in [0, 0.1) is 0 Å². The molecule has 0 rings (SSSR count). The first-order chi connectivity index (χ1) is 33.0. The fourth-order valence-corrected chi connectivity index (χ4v) is 9.21. The van der Waals surface area contributed by atoms with Gasteiger partial charge in [-0.05, 0) is 44.9 Å². The molecule has 0 N–H and O–H groups in total. The highest BCUT2D eigenvalue weighted by Gasteiger charge is 2.19. The van der Waals surface area contributed by atoms with E-state index in [1.54, 1.807) is 0 Å². The van der Waals surface area contributed by atoms with Crippen molar-refractivity contribution in [2.45, 2.75) is 348 Å². The van der Waals surface area contributed by atoms with E-state index in [0.717, 1.165) is 57.8 Å². The average molecular weight is 946 g/mol. The van der Waals surface area contributed by atoms with E-state index in [9.17, 15) is 14.4 Å². The Labute approximate surface area is 418 Å². The molecule has 0 aliphatic heterocycles. The van der Waals surface area contributed by atoms with Crippen LogP contribution in [-0.4, -0.2) is 37.2 Å². The van der Waals surface area contributed by atoms with E-state index < -0.39 is 6.10 Å². The monoisotopic (exact) mass is 945 g/mol. The van der Waals surface area contributed by atoms with Crippen molar-refractivity contribution in [3.8, 4) is 0 Å². The summed E-state index contributed by atoms with van der Waals surface area (Å²) in [6, 6.07) is 0. The molecule has 0 unspecified atom stereocenters. The highest BCUT2D eigenvalue weighted by molar-refractivity contribution is 5.71. The van der Waals surface area contributed by atoms with E-state index in [-0.39, 0.29) is 31.1 Å². The summed E-state index contributed by atoms with van der Waals surface area (Å²) >= 11 is 0. The van der Waals surface area contributed by atoms with E-state index >= 15 is 0 Å². The lowest BCUT2D eigenvalue weighted by atomic mass is 10.0. The van der Waals surface area contributed by atoms with Gasteiger partial charge >= 0.3 is 17.9 Å².